The van der Waals surface area contributed by atoms with E-state index < -0.39 is 0 Å². The number of hydrogen-bond donors (Lipinski definition) is 2. The second-order valence-electron chi connectivity index (χ2n) is 6.82. The van der Waals surface area contributed by atoms with Crippen LogP contribution in [0.1, 0.15) is 57.8 Å². The summed E-state index contributed by atoms with van der Waals surface area (Å²) in [5.74, 6) is 0.750. The molecule has 0 aliphatic heterocycles. The first-order valence-corrected chi connectivity index (χ1v) is 7.17. The molecule has 18 heavy (non-hydrogen) atoms. The highest BCUT2D eigenvalue weighted by Crippen LogP contribution is 2.39. The molecule has 0 bridgehead atoms. The number of aromatic nitrogens is 2. The predicted octanol–water partition coefficient (Wildman–Crippen LogP) is 4.04. The van der Waals surface area contributed by atoms with Gasteiger partial charge in [-0.05, 0) is 38.0 Å². The van der Waals surface area contributed by atoms with Gasteiger partial charge in [0.05, 0.1) is 17.1 Å². The number of anilines is 1. The molecule has 1 aromatic rings. The maximum absolute atomic E-state index is 4.28. The fourth-order valence-corrected chi connectivity index (χ4v) is 3.29. The van der Waals surface area contributed by atoms with E-state index in [1.165, 1.54) is 31.4 Å². The number of hydrogen-bond acceptors (Lipinski definition) is 2. The minimum Gasteiger partial charge on any atom is -0.379 e. The predicted molar refractivity (Wildman–Crippen MR) is 76.9 cm³/mol. The van der Waals surface area contributed by atoms with E-state index in [1.807, 2.05) is 0 Å². The summed E-state index contributed by atoms with van der Waals surface area (Å²) in [6, 6.07) is 0.591. The normalized spacial score (nSPS) is 25.2. The summed E-state index contributed by atoms with van der Waals surface area (Å²) >= 11 is 0. The molecule has 0 aromatic carbocycles. The molecule has 2 N–H and O–H groups in total. The van der Waals surface area contributed by atoms with Crippen molar-refractivity contribution in [3.63, 3.8) is 0 Å². The van der Waals surface area contributed by atoms with E-state index in [2.05, 4.69) is 50.1 Å². The Hall–Kier alpha value is -0.990. The van der Waals surface area contributed by atoms with Gasteiger partial charge < -0.3 is 5.32 Å². The molecule has 2 atom stereocenters. The van der Waals surface area contributed by atoms with Gasteiger partial charge >= 0.3 is 0 Å². The van der Waals surface area contributed by atoms with Gasteiger partial charge in [-0.3, -0.25) is 5.10 Å². The minimum atomic E-state index is 0.379. The third-order valence-electron chi connectivity index (χ3n) is 4.34. The Kier molecular flexibility index (Phi) is 3.69. The zero-order valence-electron chi connectivity index (χ0n) is 12.4. The zero-order chi connectivity index (χ0) is 13.3. The van der Waals surface area contributed by atoms with Crippen LogP contribution in [-0.2, 0) is 0 Å². The van der Waals surface area contributed by atoms with E-state index in [0.717, 1.165) is 17.3 Å². The Morgan fingerprint density at radius 1 is 1.17 bits per heavy atom. The summed E-state index contributed by atoms with van der Waals surface area (Å²) in [5, 5.41) is 11.1. The monoisotopic (exact) mass is 249 g/mol. The van der Waals surface area contributed by atoms with Crippen LogP contribution in [0, 0.1) is 25.2 Å². The van der Waals surface area contributed by atoms with E-state index >= 15 is 0 Å². The lowest BCUT2D eigenvalue weighted by molar-refractivity contribution is 0.163. The molecule has 1 heterocycles. The van der Waals surface area contributed by atoms with Gasteiger partial charge in [0.2, 0.25) is 0 Å². The SMILES string of the molecule is Cc1n[nH]c(C)c1NC1CCCCC1C(C)(C)C. The Morgan fingerprint density at radius 3 is 2.39 bits per heavy atom. The van der Waals surface area contributed by atoms with Crippen molar-refractivity contribution in [1.82, 2.24) is 10.2 Å². The molecule has 0 amide bonds. The van der Waals surface area contributed by atoms with E-state index in [4.69, 9.17) is 0 Å². The van der Waals surface area contributed by atoms with Crippen molar-refractivity contribution in [2.75, 3.05) is 5.32 Å². The quantitative estimate of drug-likeness (QED) is 0.830. The van der Waals surface area contributed by atoms with Crippen molar-refractivity contribution in [3.8, 4) is 0 Å². The summed E-state index contributed by atoms with van der Waals surface area (Å²) in [4.78, 5) is 0. The highest BCUT2D eigenvalue weighted by Gasteiger charge is 2.34. The average molecular weight is 249 g/mol. The third-order valence-corrected chi connectivity index (χ3v) is 4.34. The highest BCUT2D eigenvalue weighted by atomic mass is 15.2. The number of H-pyrrole nitrogens is 1. The Bertz CT molecular complexity index is 381. The van der Waals surface area contributed by atoms with Gasteiger partial charge in [0.15, 0.2) is 0 Å². The van der Waals surface area contributed by atoms with Gasteiger partial charge in [-0.2, -0.15) is 5.10 Å². The molecule has 3 heteroatoms. The van der Waals surface area contributed by atoms with Gasteiger partial charge in [0.1, 0.15) is 0 Å². The summed E-state index contributed by atoms with van der Waals surface area (Å²) in [6.45, 7) is 11.3. The van der Waals surface area contributed by atoms with Crippen molar-refractivity contribution in [1.29, 1.82) is 0 Å². The number of aryl methyl sites for hydroxylation is 2. The van der Waals surface area contributed by atoms with Crippen LogP contribution in [0.15, 0.2) is 0 Å². The van der Waals surface area contributed by atoms with Crippen LogP contribution >= 0.6 is 0 Å². The fraction of sp³-hybridized carbons (Fsp3) is 0.800. The summed E-state index contributed by atoms with van der Waals surface area (Å²) in [7, 11) is 0. The standard InChI is InChI=1S/C15H27N3/c1-10-14(11(2)18-17-10)16-13-9-7-6-8-12(13)15(3,4)5/h12-13,16H,6-9H2,1-5H3,(H,17,18). The largest absolute Gasteiger partial charge is 0.379 e. The first-order valence-electron chi connectivity index (χ1n) is 7.17. The Labute approximate surface area is 111 Å². The van der Waals surface area contributed by atoms with Crippen LogP contribution in [0.4, 0.5) is 5.69 Å². The fourth-order valence-electron chi connectivity index (χ4n) is 3.29. The second kappa shape index (κ2) is 4.94. The molecule has 1 aliphatic carbocycles. The average Bonchev–Trinajstić information content (AvgIpc) is 2.60. The molecular formula is C15H27N3. The third kappa shape index (κ3) is 2.70. The molecule has 2 unspecified atom stereocenters. The topological polar surface area (TPSA) is 40.7 Å². The van der Waals surface area contributed by atoms with Crippen LogP contribution < -0.4 is 5.32 Å². The molecule has 1 saturated carbocycles. The Morgan fingerprint density at radius 2 is 1.83 bits per heavy atom. The van der Waals surface area contributed by atoms with Crippen LogP contribution in [0.2, 0.25) is 0 Å². The van der Waals surface area contributed by atoms with Gasteiger partial charge in [0, 0.05) is 6.04 Å². The van der Waals surface area contributed by atoms with Gasteiger partial charge in [-0.1, -0.05) is 33.6 Å². The summed E-state index contributed by atoms with van der Waals surface area (Å²) in [6.07, 6.45) is 5.35. The molecule has 102 valence electrons. The van der Waals surface area contributed by atoms with Crippen molar-refractivity contribution >= 4 is 5.69 Å². The molecule has 2 rings (SSSR count). The van der Waals surface area contributed by atoms with Gasteiger partial charge in [-0.25, -0.2) is 0 Å². The lowest BCUT2D eigenvalue weighted by atomic mass is 9.69. The lowest BCUT2D eigenvalue weighted by Gasteiger charge is -2.41. The van der Waals surface area contributed by atoms with Gasteiger partial charge in [-0.15, -0.1) is 0 Å². The van der Waals surface area contributed by atoms with E-state index in [9.17, 15) is 0 Å². The number of rotatable bonds is 2. The molecule has 1 fully saturated rings. The number of nitrogens with one attached hydrogen (secondary N) is 2. The van der Waals surface area contributed by atoms with Crippen molar-refractivity contribution in [2.45, 2.75) is 66.3 Å². The molecule has 1 aromatic heterocycles. The summed E-state index contributed by atoms with van der Waals surface area (Å²) < 4.78 is 0. The minimum absolute atomic E-state index is 0.379. The van der Waals surface area contributed by atoms with E-state index in [0.29, 0.717) is 11.5 Å². The van der Waals surface area contributed by atoms with E-state index in [1.54, 1.807) is 0 Å². The van der Waals surface area contributed by atoms with Crippen LogP contribution in [0.25, 0.3) is 0 Å². The number of aromatic amines is 1. The highest BCUT2D eigenvalue weighted by molar-refractivity contribution is 5.52. The van der Waals surface area contributed by atoms with Crippen LogP contribution in [0.5, 0.6) is 0 Å². The second-order valence-corrected chi connectivity index (χ2v) is 6.82. The molecule has 0 saturated heterocycles. The van der Waals surface area contributed by atoms with Crippen LogP contribution in [0.3, 0.4) is 0 Å². The van der Waals surface area contributed by atoms with Crippen LogP contribution in [-0.4, -0.2) is 16.2 Å². The van der Waals surface area contributed by atoms with E-state index in [-0.39, 0.29) is 0 Å². The zero-order valence-corrected chi connectivity index (χ0v) is 12.4. The molecule has 1 aliphatic rings. The maximum Gasteiger partial charge on any atom is 0.0825 e. The Balaban J connectivity index is 2.16. The first kappa shape index (κ1) is 13.4. The number of nitrogens with zero attached hydrogens (tertiary/aromatic N) is 1. The smallest absolute Gasteiger partial charge is 0.0825 e. The van der Waals surface area contributed by atoms with Crippen molar-refractivity contribution < 1.29 is 0 Å². The molecule has 0 radical (unpaired) electrons. The maximum atomic E-state index is 4.28. The van der Waals surface area contributed by atoms with Crippen molar-refractivity contribution in [3.05, 3.63) is 11.4 Å². The molecule has 3 nitrogen and oxygen atoms in total. The molecule has 0 spiro atoms. The van der Waals surface area contributed by atoms with Crippen molar-refractivity contribution in [2.24, 2.45) is 11.3 Å². The summed E-state index contributed by atoms with van der Waals surface area (Å²) in [5.41, 5.74) is 3.84. The molecular weight excluding hydrogens is 222 g/mol. The lowest BCUT2D eigenvalue weighted by Crippen LogP contribution is -2.40. The van der Waals surface area contributed by atoms with Gasteiger partial charge in [0.25, 0.3) is 0 Å². The first-order chi connectivity index (χ1) is 8.39.